The lowest BCUT2D eigenvalue weighted by molar-refractivity contribution is -0.143. The van der Waals surface area contributed by atoms with Crippen molar-refractivity contribution in [2.24, 2.45) is 17.4 Å². The summed E-state index contributed by atoms with van der Waals surface area (Å²) in [7, 11) is 0. The van der Waals surface area contributed by atoms with E-state index < -0.39 is 60.2 Å². The molecule has 0 radical (unpaired) electrons. The molecule has 0 bridgehead atoms. The van der Waals surface area contributed by atoms with Gasteiger partial charge in [0.15, 0.2) is 0 Å². The SMILES string of the molecule is CCC(C)C(NC(=O)C(Cc1c[nH]c2ccccc12)NC(=O)C(Cc1ccc(O)cc1)NC(=O)C(N)CC(N)=O)C(=O)O. The van der Waals surface area contributed by atoms with Crippen molar-refractivity contribution in [1.29, 1.82) is 0 Å². The van der Waals surface area contributed by atoms with E-state index in [-0.39, 0.29) is 24.5 Å². The van der Waals surface area contributed by atoms with Crippen LogP contribution in [0.25, 0.3) is 10.9 Å². The number of rotatable bonds is 15. The number of aromatic amines is 1. The van der Waals surface area contributed by atoms with Gasteiger partial charge in [-0.3, -0.25) is 19.2 Å². The molecule has 2 aromatic carbocycles. The summed E-state index contributed by atoms with van der Waals surface area (Å²) in [5.74, 6) is -4.67. The lowest BCUT2D eigenvalue weighted by atomic mass is 9.97. The lowest BCUT2D eigenvalue weighted by Crippen LogP contribution is -2.58. The number of carbonyl (C=O) groups is 5. The second-order valence-corrected chi connectivity index (χ2v) is 10.5. The molecule has 5 unspecified atom stereocenters. The number of carbonyl (C=O) groups excluding carboxylic acids is 4. The van der Waals surface area contributed by atoms with E-state index in [4.69, 9.17) is 11.5 Å². The van der Waals surface area contributed by atoms with Gasteiger partial charge in [0, 0.05) is 29.9 Å². The number of primary amides is 1. The Morgan fingerprint density at radius 2 is 1.49 bits per heavy atom. The van der Waals surface area contributed by atoms with Gasteiger partial charge in [0.2, 0.25) is 23.6 Å². The van der Waals surface area contributed by atoms with E-state index in [9.17, 15) is 34.2 Å². The first kappa shape index (κ1) is 32.6. The number of hydrogen-bond donors (Lipinski definition) is 8. The van der Waals surface area contributed by atoms with Crippen LogP contribution in [0.4, 0.5) is 0 Å². The molecule has 13 nitrogen and oxygen atoms in total. The number of para-hydroxylation sites is 1. The average molecular weight is 595 g/mol. The Morgan fingerprint density at radius 3 is 2.12 bits per heavy atom. The number of amides is 4. The molecule has 0 aliphatic rings. The summed E-state index contributed by atoms with van der Waals surface area (Å²) in [6.07, 6.45) is 1.71. The highest BCUT2D eigenvalue weighted by Gasteiger charge is 2.32. The number of benzene rings is 2. The molecule has 43 heavy (non-hydrogen) atoms. The number of carboxylic acid groups (broad SMARTS) is 1. The monoisotopic (exact) mass is 594 g/mol. The maximum Gasteiger partial charge on any atom is 0.326 e. The minimum atomic E-state index is -1.32. The molecule has 10 N–H and O–H groups in total. The maximum atomic E-state index is 13.7. The summed E-state index contributed by atoms with van der Waals surface area (Å²) in [6.45, 7) is 3.50. The summed E-state index contributed by atoms with van der Waals surface area (Å²) in [5.41, 5.74) is 13.0. The lowest BCUT2D eigenvalue weighted by Gasteiger charge is -2.26. The average Bonchev–Trinajstić information content (AvgIpc) is 3.37. The van der Waals surface area contributed by atoms with E-state index in [1.807, 2.05) is 24.3 Å². The van der Waals surface area contributed by atoms with E-state index >= 15 is 0 Å². The Balaban J connectivity index is 1.92. The Morgan fingerprint density at radius 1 is 0.884 bits per heavy atom. The summed E-state index contributed by atoms with van der Waals surface area (Å²) >= 11 is 0. The number of carboxylic acids is 1. The molecule has 3 aromatic rings. The van der Waals surface area contributed by atoms with Crippen LogP contribution in [0, 0.1) is 5.92 Å². The van der Waals surface area contributed by atoms with Gasteiger partial charge in [-0.05, 0) is 35.2 Å². The number of phenolic OH excluding ortho intramolecular Hbond substituents is 1. The van der Waals surface area contributed by atoms with Gasteiger partial charge < -0.3 is 42.6 Å². The van der Waals surface area contributed by atoms with Gasteiger partial charge in [-0.1, -0.05) is 50.6 Å². The fourth-order valence-electron chi connectivity index (χ4n) is 4.60. The van der Waals surface area contributed by atoms with Crippen molar-refractivity contribution in [2.45, 2.75) is 63.7 Å². The number of H-pyrrole nitrogens is 1. The van der Waals surface area contributed by atoms with E-state index in [2.05, 4.69) is 20.9 Å². The zero-order chi connectivity index (χ0) is 31.7. The van der Waals surface area contributed by atoms with Crippen molar-refractivity contribution in [3.05, 3.63) is 65.9 Å². The third-order valence-corrected chi connectivity index (χ3v) is 7.28. The minimum Gasteiger partial charge on any atom is -0.508 e. The summed E-state index contributed by atoms with van der Waals surface area (Å²) in [5, 5.41) is 28.0. The number of nitrogens with one attached hydrogen (secondary N) is 4. The largest absolute Gasteiger partial charge is 0.508 e. The smallest absolute Gasteiger partial charge is 0.326 e. The molecule has 0 aliphatic heterocycles. The predicted molar refractivity (Wildman–Crippen MR) is 158 cm³/mol. The van der Waals surface area contributed by atoms with Crippen LogP contribution >= 0.6 is 0 Å². The van der Waals surface area contributed by atoms with Crippen LogP contribution in [0.5, 0.6) is 5.75 Å². The summed E-state index contributed by atoms with van der Waals surface area (Å²) in [6, 6.07) is 8.35. The van der Waals surface area contributed by atoms with E-state index in [0.717, 1.165) is 10.9 Å². The highest BCUT2D eigenvalue weighted by Crippen LogP contribution is 2.20. The molecular formula is C30H38N6O7. The standard InChI is InChI=1S/C30H38N6O7/c1-3-16(2)26(30(42)43)36-29(41)24(13-18-15-33-22-7-5-4-6-20(18)22)35-28(40)23(12-17-8-10-19(37)11-9-17)34-27(39)21(31)14-25(32)38/h4-11,15-16,21,23-24,26,33,37H,3,12-14,31H2,1-2H3,(H2,32,38)(H,34,39)(H,35,40)(H,36,41)(H,42,43). The van der Waals surface area contributed by atoms with Crippen LogP contribution in [0.3, 0.4) is 0 Å². The van der Waals surface area contributed by atoms with Crippen LogP contribution in [0.1, 0.15) is 37.8 Å². The normalized spacial score (nSPS) is 14.6. The number of aliphatic carboxylic acids is 1. The second kappa shape index (κ2) is 14.8. The van der Waals surface area contributed by atoms with E-state index in [1.165, 1.54) is 12.1 Å². The minimum absolute atomic E-state index is 0.00187. The molecule has 0 fully saturated rings. The first-order valence-electron chi connectivity index (χ1n) is 13.9. The van der Waals surface area contributed by atoms with Gasteiger partial charge in [-0.2, -0.15) is 0 Å². The molecule has 4 amide bonds. The molecule has 13 heteroatoms. The van der Waals surface area contributed by atoms with Gasteiger partial charge in [0.25, 0.3) is 0 Å². The fourth-order valence-corrected chi connectivity index (χ4v) is 4.60. The highest BCUT2D eigenvalue weighted by atomic mass is 16.4. The van der Waals surface area contributed by atoms with Gasteiger partial charge in [-0.25, -0.2) is 4.79 Å². The van der Waals surface area contributed by atoms with Crippen LogP contribution in [-0.4, -0.2) is 69.0 Å². The number of hydrogen-bond acceptors (Lipinski definition) is 7. The van der Waals surface area contributed by atoms with Crippen LogP contribution in [0.2, 0.25) is 0 Å². The van der Waals surface area contributed by atoms with Crippen molar-refractivity contribution in [3.63, 3.8) is 0 Å². The molecule has 5 atom stereocenters. The van der Waals surface area contributed by atoms with Crippen LogP contribution in [-0.2, 0) is 36.8 Å². The van der Waals surface area contributed by atoms with Crippen LogP contribution in [0.15, 0.2) is 54.7 Å². The van der Waals surface area contributed by atoms with Gasteiger partial charge in [0.05, 0.1) is 12.5 Å². The van der Waals surface area contributed by atoms with Crippen molar-refractivity contribution >= 4 is 40.5 Å². The molecular weight excluding hydrogens is 556 g/mol. The first-order chi connectivity index (χ1) is 20.4. The van der Waals surface area contributed by atoms with Crippen molar-refractivity contribution in [3.8, 4) is 5.75 Å². The molecule has 0 spiro atoms. The first-order valence-corrected chi connectivity index (χ1v) is 13.9. The number of phenols is 1. The molecule has 1 heterocycles. The van der Waals surface area contributed by atoms with E-state index in [0.29, 0.717) is 17.5 Å². The summed E-state index contributed by atoms with van der Waals surface area (Å²) in [4.78, 5) is 66.4. The highest BCUT2D eigenvalue weighted by molar-refractivity contribution is 5.95. The second-order valence-electron chi connectivity index (χ2n) is 10.5. The molecule has 0 aliphatic carbocycles. The van der Waals surface area contributed by atoms with Gasteiger partial charge in [0.1, 0.15) is 23.9 Å². The van der Waals surface area contributed by atoms with Crippen molar-refractivity contribution < 1.29 is 34.2 Å². The van der Waals surface area contributed by atoms with Crippen LogP contribution < -0.4 is 27.4 Å². The van der Waals surface area contributed by atoms with E-state index in [1.54, 1.807) is 32.2 Å². The molecule has 3 rings (SSSR count). The van der Waals surface area contributed by atoms with Crippen molar-refractivity contribution in [2.75, 3.05) is 0 Å². The fraction of sp³-hybridized carbons (Fsp3) is 0.367. The van der Waals surface area contributed by atoms with Crippen molar-refractivity contribution in [1.82, 2.24) is 20.9 Å². The molecule has 1 aromatic heterocycles. The third kappa shape index (κ3) is 9.04. The number of aromatic nitrogens is 1. The third-order valence-electron chi connectivity index (χ3n) is 7.28. The maximum absolute atomic E-state index is 13.7. The Labute approximate surface area is 248 Å². The Hall–Kier alpha value is -4.91. The topological polar surface area (TPSA) is 230 Å². The number of fused-ring (bicyclic) bond motifs is 1. The van der Waals surface area contributed by atoms with Gasteiger partial charge >= 0.3 is 5.97 Å². The zero-order valence-corrected chi connectivity index (χ0v) is 24.0. The quantitative estimate of drug-likeness (QED) is 0.123. The number of nitrogens with two attached hydrogens (primary N) is 2. The molecule has 230 valence electrons. The molecule has 0 saturated heterocycles. The molecule has 0 saturated carbocycles. The number of aromatic hydroxyl groups is 1. The van der Waals surface area contributed by atoms with Gasteiger partial charge in [-0.15, -0.1) is 0 Å². The zero-order valence-electron chi connectivity index (χ0n) is 24.0. The predicted octanol–water partition coefficient (Wildman–Crippen LogP) is 0.447. The Kier molecular flexibility index (Phi) is 11.2. The Bertz CT molecular complexity index is 1450. The summed E-state index contributed by atoms with van der Waals surface area (Å²) < 4.78 is 0.